The van der Waals surface area contributed by atoms with Crippen molar-refractivity contribution in [3.8, 4) is 11.1 Å². The van der Waals surface area contributed by atoms with Crippen LogP contribution >= 0.6 is 34.8 Å². The van der Waals surface area contributed by atoms with Gasteiger partial charge in [0.05, 0.1) is 25.5 Å². The molecule has 0 saturated heterocycles. The van der Waals surface area contributed by atoms with Crippen molar-refractivity contribution >= 4 is 46.2 Å². The lowest BCUT2D eigenvalue weighted by molar-refractivity contribution is -0.385. The fourth-order valence-corrected chi connectivity index (χ4v) is 2.49. The molecule has 9 heteroatoms. The van der Waals surface area contributed by atoms with Gasteiger partial charge in [-0.3, -0.25) is 20.2 Å². The van der Waals surface area contributed by atoms with E-state index in [1.807, 2.05) is 0 Å². The quantitative estimate of drug-likeness (QED) is 0.582. The topological polar surface area (TPSA) is 86.3 Å². The smallest absolute Gasteiger partial charge is 0.258 e. The maximum atomic E-state index is 11.1. The molecular weight excluding hydrogens is 343 g/mol. The van der Waals surface area contributed by atoms with Crippen molar-refractivity contribution in [1.82, 2.24) is 0 Å². The summed E-state index contributed by atoms with van der Waals surface area (Å²) in [7, 11) is 0. The Kier molecular flexibility index (Phi) is 4.32. The van der Waals surface area contributed by atoms with Crippen LogP contribution in [-0.4, -0.2) is 9.85 Å². The highest BCUT2D eigenvalue weighted by atomic mass is 35.5. The molecule has 2 aromatic rings. The maximum Gasteiger partial charge on any atom is 0.280 e. The van der Waals surface area contributed by atoms with Crippen LogP contribution in [0.15, 0.2) is 24.3 Å². The molecule has 0 aliphatic rings. The van der Waals surface area contributed by atoms with Crippen LogP contribution in [0.1, 0.15) is 0 Å². The summed E-state index contributed by atoms with van der Waals surface area (Å²) in [5.74, 6) is 0. The van der Waals surface area contributed by atoms with Crippen LogP contribution in [-0.2, 0) is 0 Å². The van der Waals surface area contributed by atoms with Gasteiger partial charge >= 0.3 is 0 Å². The largest absolute Gasteiger partial charge is 0.280 e. The molecule has 6 nitrogen and oxygen atoms in total. The van der Waals surface area contributed by atoms with Gasteiger partial charge in [-0.05, 0) is 6.07 Å². The first-order valence-electron chi connectivity index (χ1n) is 5.31. The zero-order chi connectivity index (χ0) is 15.7. The molecule has 0 aromatic heterocycles. The Morgan fingerprint density at radius 3 is 2.24 bits per heavy atom. The highest BCUT2D eigenvalue weighted by molar-refractivity contribution is 6.38. The Balaban J connectivity index is 2.81. The highest BCUT2D eigenvalue weighted by Gasteiger charge is 2.24. The Hall–Kier alpha value is -1.89. The summed E-state index contributed by atoms with van der Waals surface area (Å²) in [6, 6.07) is 7.12. The fraction of sp³-hybridized carbons (Fsp3) is 0. The minimum absolute atomic E-state index is 0.0444. The number of nitro groups is 2. The Labute approximate surface area is 133 Å². The third-order valence-electron chi connectivity index (χ3n) is 2.60. The summed E-state index contributed by atoms with van der Waals surface area (Å²) in [6.45, 7) is 0. The van der Waals surface area contributed by atoms with Crippen molar-refractivity contribution in [2.45, 2.75) is 0 Å². The van der Waals surface area contributed by atoms with Crippen LogP contribution in [0.5, 0.6) is 0 Å². The average molecular weight is 347 g/mol. The van der Waals surface area contributed by atoms with E-state index in [0.717, 1.165) is 12.1 Å². The predicted octanol–water partition coefficient (Wildman–Crippen LogP) is 4.93. The molecule has 0 saturated carbocycles. The summed E-state index contributed by atoms with van der Waals surface area (Å²) in [4.78, 5) is 20.6. The van der Waals surface area contributed by atoms with Gasteiger partial charge in [0.2, 0.25) is 0 Å². The van der Waals surface area contributed by atoms with Crippen LogP contribution in [0.25, 0.3) is 11.1 Å². The summed E-state index contributed by atoms with van der Waals surface area (Å²) in [5.41, 5.74) is -0.684. The molecule has 2 rings (SSSR count). The second-order valence-electron chi connectivity index (χ2n) is 3.87. The average Bonchev–Trinajstić information content (AvgIpc) is 2.38. The van der Waals surface area contributed by atoms with Crippen molar-refractivity contribution in [1.29, 1.82) is 0 Å². The van der Waals surface area contributed by atoms with E-state index in [0.29, 0.717) is 0 Å². The Bertz CT molecular complexity index is 764. The molecule has 0 aliphatic carbocycles. The second-order valence-corrected chi connectivity index (χ2v) is 5.06. The monoisotopic (exact) mass is 345 g/mol. The van der Waals surface area contributed by atoms with Gasteiger partial charge in [-0.15, -0.1) is 0 Å². The van der Waals surface area contributed by atoms with Gasteiger partial charge in [0.1, 0.15) is 0 Å². The first-order valence-corrected chi connectivity index (χ1v) is 6.44. The van der Waals surface area contributed by atoms with E-state index < -0.39 is 15.5 Å². The molecule has 0 amide bonds. The molecule has 0 fully saturated rings. The first-order chi connectivity index (χ1) is 9.81. The molecule has 0 bridgehead atoms. The zero-order valence-corrected chi connectivity index (χ0v) is 12.2. The van der Waals surface area contributed by atoms with Gasteiger partial charge in [-0.25, -0.2) is 0 Å². The molecule has 0 spiro atoms. The predicted molar refractivity (Wildman–Crippen MR) is 79.1 cm³/mol. The third kappa shape index (κ3) is 3.07. The van der Waals surface area contributed by atoms with Gasteiger partial charge in [-0.2, -0.15) is 0 Å². The van der Waals surface area contributed by atoms with E-state index in [2.05, 4.69) is 6.07 Å². The van der Waals surface area contributed by atoms with E-state index in [9.17, 15) is 20.2 Å². The fourth-order valence-electron chi connectivity index (χ4n) is 1.73. The molecule has 0 N–H and O–H groups in total. The van der Waals surface area contributed by atoms with E-state index in [-0.39, 0.29) is 31.9 Å². The number of non-ortho nitro benzene ring substituents is 1. The SMILES string of the molecule is O=[N+]([O-])c1ccc(Cl)c(-c2c(Cl)[c]c(Cl)cc2[N+](=O)[O-])c1. The summed E-state index contributed by atoms with van der Waals surface area (Å²) in [5, 5.41) is 21.8. The lowest BCUT2D eigenvalue weighted by atomic mass is 10.0. The number of hydrogen-bond acceptors (Lipinski definition) is 4. The number of nitrogens with zero attached hydrogens (tertiary/aromatic N) is 2. The minimum Gasteiger partial charge on any atom is -0.258 e. The number of nitro benzene ring substituents is 2. The molecule has 0 heterocycles. The maximum absolute atomic E-state index is 11.1. The van der Waals surface area contributed by atoms with Crippen LogP contribution < -0.4 is 0 Å². The van der Waals surface area contributed by atoms with Crippen LogP contribution in [0.4, 0.5) is 11.4 Å². The van der Waals surface area contributed by atoms with Crippen molar-refractivity contribution in [2.24, 2.45) is 0 Å². The lowest BCUT2D eigenvalue weighted by Crippen LogP contribution is -1.95. The number of benzene rings is 2. The van der Waals surface area contributed by atoms with Gasteiger partial charge in [-0.1, -0.05) is 34.8 Å². The number of hydrogen-bond donors (Lipinski definition) is 0. The van der Waals surface area contributed by atoms with E-state index in [1.165, 1.54) is 12.1 Å². The minimum atomic E-state index is -0.698. The van der Waals surface area contributed by atoms with Gasteiger partial charge in [0, 0.05) is 34.9 Å². The molecule has 21 heavy (non-hydrogen) atoms. The summed E-state index contributed by atoms with van der Waals surface area (Å²) >= 11 is 17.6. The van der Waals surface area contributed by atoms with Gasteiger partial charge in [0.25, 0.3) is 11.4 Å². The van der Waals surface area contributed by atoms with Crippen molar-refractivity contribution < 1.29 is 9.85 Å². The number of rotatable bonds is 3. The normalized spacial score (nSPS) is 10.4. The Morgan fingerprint density at radius 1 is 1.00 bits per heavy atom. The molecule has 0 unspecified atom stereocenters. The van der Waals surface area contributed by atoms with Crippen LogP contribution in [0.3, 0.4) is 0 Å². The number of halogens is 3. The van der Waals surface area contributed by atoms with Crippen LogP contribution in [0, 0.1) is 26.3 Å². The molecule has 107 valence electrons. The van der Waals surface area contributed by atoms with Gasteiger partial charge in [0.15, 0.2) is 0 Å². The summed E-state index contributed by atoms with van der Waals surface area (Å²) < 4.78 is 0. The lowest BCUT2D eigenvalue weighted by Gasteiger charge is -2.08. The molecular formula is C12H4Cl3N2O4. The second kappa shape index (κ2) is 5.85. The molecule has 1 radical (unpaired) electrons. The Morgan fingerprint density at radius 2 is 1.67 bits per heavy atom. The van der Waals surface area contributed by atoms with Crippen LogP contribution in [0.2, 0.25) is 15.1 Å². The van der Waals surface area contributed by atoms with Crippen molar-refractivity contribution in [3.63, 3.8) is 0 Å². The highest BCUT2D eigenvalue weighted by Crippen LogP contribution is 2.42. The third-order valence-corrected chi connectivity index (χ3v) is 3.41. The molecule has 0 aliphatic heterocycles. The van der Waals surface area contributed by atoms with E-state index >= 15 is 0 Å². The standard InChI is InChI=1S/C12H4Cl3N2O4/c13-6-3-10(15)12(11(4-6)17(20)21)8-5-7(16(18)19)1-2-9(8)14/h1-2,4-5H. The molecule has 2 aromatic carbocycles. The molecule has 0 atom stereocenters. The summed E-state index contributed by atoms with van der Waals surface area (Å²) in [6.07, 6.45) is 0. The van der Waals surface area contributed by atoms with Gasteiger partial charge < -0.3 is 0 Å². The zero-order valence-electron chi connectivity index (χ0n) is 9.97. The van der Waals surface area contributed by atoms with E-state index in [4.69, 9.17) is 34.8 Å². The van der Waals surface area contributed by atoms with Crippen molar-refractivity contribution in [3.05, 3.63) is 65.6 Å². The first kappa shape index (κ1) is 15.5. The van der Waals surface area contributed by atoms with Crippen molar-refractivity contribution in [2.75, 3.05) is 0 Å². The van der Waals surface area contributed by atoms with E-state index in [1.54, 1.807) is 0 Å².